The quantitative estimate of drug-likeness (QED) is 0.803. The standard InChI is InChI=1S/C15H22FN3O/c1-12-9-13(15(20)18-4-2-3-16)11-14(10-12)19-7-5-17-6-8-19/h9-11,17H,2-8H2,1H3,(H,18,20). The van der Waals surface area contributed by atoms with Gasteiger partial charge in [0, 0.05) is 44.0 Å². The van der Waals surface area contributed by atoms with Crippen molar-refractivity contribution >= 4 is 11.6 Å². The lowest BCUT2D eigenvalue weighted by Crippen LogP contribution is -2.43. The van der Waals surface area contributed by atoms with Gasteiger partial charge < -0.3 is 15.5 Å². The second kappa shape index (κ2) is 7.24. The maximum absolute atomic E-state index is 12.1. The van der Waals surface area contributed by atoms with Crippen LogP contribution in [0.15, 0.2) is 18.2 Å². The Labute approximate surface area is 119 Å². The molecular weight excluding hydrogens is 257 g/mol. The van der Waals surface area contributed by atoms with E-state index >= 15 is 0 Å². The summed E-state index contributed by atoms with van der Waals surface area (Å²) in [6.07, 6.45) is 0.363. The van der Waals surface area contributed by atoms with Crippen LogP contribution in [-0.4, -0.2) is 45.3 Å². The number of nitrogens with zero attached hydrogens (tertiary/aromatic N) is 1. The minimum absolute atomic E-state index is 0.126. The van der Waals surface area contributed by atoms with E-state index in [1.54, 1.807) is 0 Å². The Hall–Kier alpha value is -1.62. The summed E-state index contributed by atoms with van der Waals surface area (Å²) in [4.78, 5) is 14.3. The molecule has 0 radical (unpaired) electrons. The molecule has 0 atom stereocenters. The van der Waals surface area contributed by atoms with Gasteiger partial charge in [-0.3, -0.25) is 9.18 Å². The molecule has 1 fully saturated rings. The van der Waals surface area contributed by atoms with Gasteiger partial charge in [0.05, 0.1) is 6.67 Å². The number of alkyl halides is 1. The fourth-order valence-electron chi connectivity index (χ4n) is 2.37. The number of rotatable bonds is 5. The number of halogens is 1. The fraction of sp³-hybridized carbons (Fsp3) is 0.533. The number of nitrogens with one attached hydrogen (secondary N) is 2. The Kier molecular flexibility index (Phi) is 5.35. The van der Waals surface area contributed by atoms with E-state index in [1.165, 1.54) is 0 Å². The van der Waals surface area contributed by atoms with Gasteiger partial charge in [0.15, 0.2) is 0 Å². The lowest BCUT2D eigenvalue weighted by molar-refractivity contribution is 0.0952. The van der Waals surface area contributed by atoms with Gasteiger partial charge in [-0.2, -0.15) is 0 Å². The molecule has 20 heavy (non-hydrogen) atoms. The van der Waals surface area contributed by atoms with Gasteiger partial charge in [-0.25, -0.2) is 0 Å². The third-order valence-corrected chi connectivity index (χ3v) is 3.40. The minimum atomic E-state index is -0.403. The highest BCUT2D eigenvalue weighted by Gasteiger charge is 2.13. The zero-order valence-corrected chi connectivity index (χ0v) is 11.9. The monoisotopic (exact) mass is 279 g/mol. The van der Waals surface area contributed by atoms with Crippen molar-refractivity contribution < 1.29 is 9.18 Å². The highest BCUT2D eigenvalue weighted by atomic mass is 19.1. The summed E-state index contributed by atoms with van der Waals surface area (Å²) in [7, 11) is 0. The highest BCUT2D eigenvalue weighted by Crippen LogP contribution is 2.19. The predicted molar refractivity (Wildman–Crippen MR) is 79.2 cm³/mol. The first-order valence-electron chi connectivity index (χ1n) is 7.12. The average molecular weight is 279 g/mol. The number of hydrogen-bond donors (Lipinski definition) is 2. The predicted octanol–water partition coefficient (Wildman–Crippen LogP) is 1.49. The van der Waals surface area contributed by atoms with Crippen molar-refractivity contribution in [3.63, 3.8) is 0 Å². The number of piperazine rings is 1. The molecule has 1 heterocycles. The number of carbonyl (C=O) groups excluding carboxylic acids is 1. The van der Waals surface area contributed by atoms with E-state index in [4.69, 9.17) is 0 Å². The van der Waals surface area contributed by atoms with E-state index in [2.05, 4.69) is 21.6 Å². The molecule has 4 nitrogen and oxygen atoms in total. The molecule has 1 saturated heterocycles. The topological polar surface area (TPSA) is 44.4 Å². The van der Waals surface area contributed by atoms with Crippen LogP contribution in [-0.2, 0) is 0 Å². The lowest BCUT2D eigenvalue weighted by Gasteiger charge is -2.30. The lowest BCUT2D eigenvalue weighted by atomic mass is 10.1. The van der Waals surface area contributed by atoms with Gasteiger partial charge >= 0.3 is 0 Å². The number of hydrogen-bond acceptors (Lipinski definition) is 3. The normalized spacial score (nSPS) is 15.2. The first-order valence-corrected chi connectivity index (χ1v) is 7.12. The van der Waals surface area contributed by atoms with Crippen LogP contribution in [0.1, 0.15) is 22.3 Å². The largest absolute Gasteiger partial charge is 0.369 e. The van der Waals surface area contributed by atoms with Crippen LogP contribution in [0.5, 0.6) is 0 Å². The van der Waals surface area contributed by atoms with Crippen LogP contribution in [0.25, 0.3) is 0 Å². The van der Waals surface area contributed by atoms with Crippen LogP contribution in [0.4, 0.5) is 10.1 Å². The number of aryl methyl sites for hydroxylation is 1. The Morgan fingerprint density at radius 3 is 2.80 bits per heavy atom. The molecule has 1 aromatic carbocycles. The summed E-state index contributed by atoms with van der Waals surface area (Å²) in [5.41, 5.74) is 2.80. The fourth-order valence-corrected chi connectivity index (χ4v) is 2.37. The highest BCUT2D eigenvalue weighted by molar-refractivity contribution is 5.95. The molecule has 110 valence electrons. The van der Waals surface area contributed by atoms with Crippen LogP contribution in [0.3, 0.4) is 0 Å². The second-order valence-corrected chi connectivity index (χ2v) is 5.09. The minimum Gasteiger partial charge on any atom is -0.369 e. The SMILES string of the molecule is Cc1cc(C(=O)NCCCF)cc(N2CCNCC2)c1. The summed E-state index contributed by atoms with van der Waals surface area (Å²) in [6, 6.07) is 5.89. The Morgan fingerprint density at radius 2 is 2.10 bits per heavy atom. The number of anilines is 1. The Morgan fingerprint density at radius 1 is 1.35 bits per heavy atom. The van der Waals surface area contributed by atoms with Gasteiger partial charge in [-0.15, -0.1) is 0 Å². The Bertz CT molecular complexity index is 458. The maximum atomic E-state index is 12.1. The molecule has 5 heteroatoms. The summed E-state index contributed by atoms with van der Waals surface area (Å²) in [6.45, 7) is 5.80. The molecule has 0 unspecified atom stereocenters. The molecule has 1 aliphatic rings. The number of carbonyl (C=O) groups is 1. The summed E-state index contributed by atoms with van der Waals surface area (Å²) < 4.78 is 12.1. The first-order chi connectivity index (χ1) is 9.70. The van der Waals surface area contributed by atoms with Crippen molar-refractivity contribution in [2.45, 2.75) is 13.3 Å². The molecule has 0 aromatic heterocycles. The molecule has 0 saturated carbocycles. The van der Waals surface area contributed by atoms with Crippen molar-refractivity contribution in [3.05, 3.63) is 29.3 Å². The van der Waals surface area contributed by atoms with E-state index in [-0.39, 0.29) is 5.91 Å². The van der Waals surface area contributed by atoms with Gasteiger partial charge in [-0.05, 0) is 37.1 Å². The maximum Gasteiger partial charge on any atom is 0.251 e. The van der Waals surface area contributed by atoms with Crippen LogP contribution >= 0.6 is 0 Å². The van der Waals surface area contributed by atoms with E-state index < -0.39 is 6.67 Å². The van der Waals surface area contributed by atoms with Crippen molar-refractivity contribution in [1.82, 2.24) is 10.6 Å². The van der Waals surface area contributed by atoms with Crippen molar-refractivity contribution in [1.29, 1.82) is 0 Å². The molecule has 1 aromatic rings. The second-order valence-electron chi connectivity index (χ2n) is 5.09. The number of amides is 1. The van der Waals surface area contributed by atoms with Crippen molar-refractivity contribution in [2.24, 2.45) is 0 Å². The van der Waals surface area contributed by atoms with Gasteiger partial charge in [0.1, 0.15) is 0 Å². The van der Waals surface area contributed by atoms with Crippen molar-refractivity contribution in [2.75, 3.05) is 44.3 Å². The summed E-state index contributed by atoms with van der Waals surface area (Å²) >= 11 is 0. The molecule has 1 amide bonds. The molecular formula is C15H22FN3O. The molecule has 2 rings (SSSR count). The first kappa shape index (κ1) is 14.8. The van der Waals surface area contributed by atoms with Crippen molar-refractivity contribution in [3.8, 4) is 0 Å². The smallest absolute Gasteiger partial charge is 0.251 e. The van der Waals surface area contributed by atoms with E-state index in [0.29, 0.717) is 18.5 Å². The van der Waals surface area contributed by atoms with Gasteiger partial charge in [-0.1, -0.05) is 0 Å². The van der Waals surface area contributed by atoms with Crippen LogP contribution < -0.4 is 15.5 Å². The van der Waals surface area contributed by atoms with E-state index in [0.717, 1.165) is 37.4 Å². The van der Waals surface area contributed by atoms with E-state index in [1.807, 2.05) is 19.1 Å². The Balaban J connectivity index is 2.09. The van der Waals surface area contributed by atoms with Gasteiger partial charge in [0.2, 0.25) is 0 Å². The molecule has 1 aliphatic heterocycles. The third-order valence-electron chi connectivity index (χ3n) is 3.40. The summed E-state index contributed by atoms with van der Waals surface area (Å²) in [5.74, 6) is -0.126. The third kappa shape index (κ3) is 3.93. The molecule has 0 spiro atoms. The molecule has 0 bridgehead atoms. The zero-order valence-electron chi connectivity index (χ0n) is 11.9. The van der Waals surface area contributed by atoms with Crippen LogP contribution in [0, 0.1) is 6.92 Å². The van der Waals surface area contributed by atoms with E-state index in [9.17, 15) is 9.18 Å². The number of benzene rings is 1. The summed E-state index contributed by atoms with van der Waals surface area (Å²) in [5, 5.41) is 6.06. The molecule has 0 aliphatic carbocycles. The van der Waals surface area contributed by atoms with Crippen LogP contribution in [0.2, 0.25) is 0 Å². The average Bonchev–Trinajstić information content (AvgIpc) is 2.47. The zero-order chi connectivity index (χ0) is 14.4. The van der Waals surface area contributed by atoms with Gasteiger partial charge in [0.25, 0.3) is 5.91 Å². The molecule has 2 N–H and O–H groups in total.